The number of aliphatic carboxylic acids is 1. The zero-order valence-electron chi connectivity index (χ0n) is 11.9. The average Bonchev–Trinajstić information content (AvgIpc) is 2.80. The highest BCUT2D eigenvalue weighted by Crippen LogP contribution is 2.31. The molecule has 6 heteroatoms. The minimum Gasteiger partial charge on any atom is -0.480 e. The first-order valence-electron chi connectivity index (χ1n) is 6.85. The van der Waals surface area contributed by atoms with Gasteiger partial charge in [0.2, 0.25) is 0 Å². The fourth-order valence-electron chi connectivity index (χ4n) is 2.32. The van der Waals surface area contributed by atoms with Crippen molar-refractivity contribution in [1.82, 2.24) is 5.32 Å². The lowest BCUT2D eigenvalue weighted by Gasteiger charge is -2.18. The lowest BCUT2D eigenvalue weighted by atomic mass is 10.0. The molecule has 0 aliphatic carbocycles. The van der Waals surface area contributed by atoms with Gasteiger partial charge >= 0.3 is 5.97 Å². The normalized spacial score (nSPS) is 18.0. The maximum Gasteiger partial charge on any atom is 0.326 e. The summed E-state index contributed by atoms with van der Waals surface area (Å²) in [5.74, 6) is -0.645. The van der Waals surface area contributed by atoms with E-state index in [1.165, 1.54) is 0 Å². The molecule has 0 fully saturated rings. The zero-order valence-corrected chi connectivity index (χ0v) is 12.7. The maximum atomic E-state index is 12.2. The number of halogens is 1. The number of ether oxygens (including phenoxy) is 1. The molecule has 5 nitrogen and oxygen atoms in total. The third-order valence-electron chi connectivity index (χ3n) is 3.31. The van der Waals surface area contributed by atoms with Gasteiger partial charge in [-0.3, -0.25) is 4.79 Å². The van der Waals surface area contributed by atoms with E-state index < -0.39 is 24.0 Å². The number of nitrogens with one attached hydrogen (secondary N) is 1. The average molecular weight is 312 g/mol. The molecule has 0 saturated carbocycles. The van der Waals surface area contributed by atoms with Crippen LogP contribution in [0.4, 0.5) is 0 Å². The van der Waals surface area contributed by atoms with Crippen molar-refractivity contribution in [3.63, 3.8) is 0 Å². The van der Waals surface area contributed by atoms with E-state index >= 15 is 0 Å². The van der Waals surface area contributed by atoms with Crippen molar-refractivity contribution in [2.24, 2.45) is 5.92 Å². The van der Waals surface area contributed by atoms with Gasteiger partial charge in [-0.1, -0.05) is 25.4 Å². The smallest absolute Gasteiger partial charge is 0.326 e. The third kappa shape index (κ3) is 3.88. The van der Waals surface area contributed by atoms with Crippen molar-refractivity contribution in [3.05, 3.63) is 28.8 Å². The summed E-state index contributed by atoms with van der Waals surface area (Å²) in [6, 6.07) is 4.27. The minimum atomic E-state index is -1.03. The van der Waals surface area contributed by atoms with E-state index in [1.807, 2.05) is 13.8 Å². The molecule has 1 aliphatic rings. The monoisotopic (exact) mass is 311 g/mol. The first-order valence-corrected chi connectivity index (χ1v) is 7.23. The molecular weight excluding hydrogens is 294 g/mol. The lowest BCUT2D eigenvalue weighted by Crippen LogP contribution is -2.47. The van der Waals surface area contributed by atoms with Gasteiger partial charge in [-0.05, 0) is 36.1 Å². The van der Waals surface area contributed by atoms with Crippen molar-refractivity contribution >= 4 is 23.5 Å². The number of benzene rings is 1. The van der Waals surface area contributed by atoms with Crippen molar-refractivity contribution in [2.45, 2.75) is 38.8 Å². The van der Waals surface area contributed by atoms with Gasteiger partial charge in [-0.2, -0.15) is 0 Å². The van der Waals surface area contributed by atoms with Crippen LogP contribution in [0.15, 0.2) is 18.2 Å². The van der Waals surface area contributed by atoms with Gasteiger partial charge in [0.1, 0.15) is 11.8 Å². The second-order valence-corrected chi connectivity index (χ2v) is 6.03. The number of carbonyl (C=O) groups excluding carboxylic acids is 1. The van der Waals surface area contributed by atoms with Crippen LogP contribution in [-0.2, 0) is 16.0 Å². The van der Waals surface area contributed by atoms with E-state index in [0.717, 1.165) is 5.56 Å². The van der Waals surface area contributed by atoms with Gasteiger partial charge < -0.3 is 15.2 Å². The number of hydrogen-bond donors (Lipinski definition) is 2. The molecule has 114 valence electrons. The van der Waals surface area contributed by atoms with Crippen LogP contribution in [0, 0.1) is 5.92 Å². The molecule has 1 amide bonds. The Labute approximate surface area is 128 Å². The Balaban J connectivity index is 2.00. The number of rotatable bonds is 5. The van der Waals surface area contributed by atoms with Crippen molar-refractivity contribution in [2.75, 3.05) is 0 Å². The summed E-state index contributed by atoms with van der Waals surface area (Å²) in [6.07, 6.45) is 0.0787. The van der Waals surface area contributed by atoms with Crippen LogP contribution in [0.1, 0.15) is 25.8 Å². The lowest BCUT2D eigenvalue weighted by molar-refractivity contribution is -0.143. The van der Waals surface area contributed by atoms with Crippen molar-refractivity contribution in [3.8, 4) is 5.75 Å². The first kappa shape index (κ1) is 15.6. The van der Waals surface area contributed by atoms with Crippen LogP contribution in [0.2, 0.25) is 5.02 Å². The molecule has 0 saturated heterocycles. The Kier molecular flexibility index (Phi) is 4.73. The molecule has 1 aliphatic heterocycles. The summed E-state index contributed by atoms with van der Waals surface area (Å²) in [7, 11) is 0. The van der Waals surface area contributed by atoms with Crippen LogP contribution < -0.4 is 10.1 Å². The first-order chi connectivity index (χ1) is 9.86. The number of hydrogen-bond acceptors (Lipinski definition) is 3. The standard InChI is InChI=1S/C15H18ClNO4/c1-8(2)5-11(15(19)20)17-14(18)13-7-9-6-10(16)3-4-12(9)21-13/h3-4,6,8,11,13H,5,7H2,1-2H3,(H,17,18)(H,19,20)/t11-,13?/m0/s1. The molecule has 21 heavy (non-hydrogen) atoms. The molecule has 0 aromatic heterocycles. The largest absolute Gasteiger partial charge is 0.480 e. The summed E-state index contributed by atoms with van der Waals surface area (Å²) < 4.78 is 5.55. The quantitative estimate of drug-likeness (QED) is 0.874. The van der Waals surface area contributed by atoms with E-state index in [0.29, 0.717) is 23.6 Å². The Hall–Kier alpha value is -1.75. The van der Waals surface area contributed by atoms with E-state index in [9.17, 15) is 9.59 Å². The Morgan fingerprint density at radius 1 is 1.48 bits per heavy atom. The van der Waals surface area contributed by atoms with E-state index in [2.05, 4.69) is 5.32 Å². The Bertz CT molecular complexity index is 559. The van der Waals surface area contributed by atoms with Gasteiger partial charge in [0, 0.05) is 11.4 Å². The van der Waals surface area contributed by atoms with Crippen molar-refractivity contribution in [1.29, 1.82) is 0 Å². The van der Waals surface area contributed by atoms with Crippen LogP contribution >= 0.6 is 11.6 Å². The van der Waals surface area contributed by atoms with Gasteiger partial charge in [-0.25, -0.2) is 4.79 Å². The molecule has 0 radical (unpaired) electrons. The van der Waals surface area contributed by atoms with Gasteiger partial charge in [-0.15, -0.1) is 0 Å². The topological polar surface area (TPSA) is 75.6 Å². The highest BCUT2D eigenvalue weighted by atomic mass is 35.5. The van der Waals surface area contributed by atoms with E-state index in [-0.39, 0.29) is 5.92 Å². The van der Waals surface area contributed by atoms with Crippen LogP contribution in [0.25, 0.3) is 0 Å². The molecule has 1 heterocycles. The van der Waals surface area contributed by atoms with Crippen LogP contribution in [0.3, 0.4) is 0 Å². The minimum absolute atomic E-state index is 0.173. The fraction of sp³-hybridized carbons (Fsp3) is 0.467. The van der Waals surface area contributed by atoms with E-state index in [1.54, 1.807) is 18.2 Å². The number of carbonyl (C=O) groups is 2. The predicted molar refractivity (Wildman–Crippen MR) is 78.6 cm³/mol. The van der Waals surface area contributed by atoms with Gasteiger partial charge in [0.05, 0.1) is 0 Å². The molecule has 0 spiro atoms. The zero-order chi connectivity index (χ0) is 15.6. The summed E-state index contributed by atoms with van der Waals surface area (Å²) in [6.45, 7) is 3.82. The Morgan fingerprint density at radius 3 is 2.81 bits per heavy atom. The molecule has 2 rings (SSSR count). The summed E-state index contributed by atoms with van der Waals surface area (Å²) in [5, 5.41) is 12.3. The number of carboxylic acid groups (broad SMARTS) is 1. The number of carboxylic acids is 1. The fourth-order valence-corrected chi connectivity index (χ4v) is 2.52. The second kappa shape index (κ2) is 6.35. The molecule has 1 aromatic rings. The SMILES string of the molecule is CC(C)C[C@H](NC(=O)C1Cc2cc(Cl)ccc2O1)C(=O)O. The molecule has 2 atom stereocenters. The molecule has 1 unspecified atom stereocenters. The maximum absolute atomic E-state index is 12.2. The van der Waals surface area contributed by atoms with Gasteiger partial charge in [0.25, 0.3) is 5.91 Å². The summed E-state index contributed by atoms with van der Waals surface area (Å²) in [5.41, 5.74) is 0.860. The molecular formula is C15H18ClNO4. The number of amides is 1. The second-order valence-electron chi connectivity index (χ2n) is 5.59. The summed E-state index contributed by atoms with van der Waals surface area (Å²) in [4.78, 5) is 23.3. The highest BCUT2D eigenvalue weighted by molar-refractivity contribution is 6.30. The van der Waals surface area contributed by atoms with Crippen LogP contribution in [-0.4, -0.2) is 29.1 Å². The molecule has 0 bridgehead atoms. The van der Waals surface area contributed by atoms with Crippen LogP contribution in [0.5, 0.6) is 5.75 Å². The van der Waals surface area contributed by atoms with Crippen molar-refractivity contribution < 1.29 is 19.4 Å². The molecule has 2 N–H and O–H groups in total. The highest BCUT2D eigenvalue weighted by Gasteiger charge is 2.32. The van der Waals surface area contributed by atoms with Gasteiger partial charge in [0.15, 0.2) is 6.10 Å². The Morgan fingerprint density at radius 2 is 2.19 bits per heavy atom. The van der Waals surface area contributed by atoms with E-state index in [4.69, 9.17) is 21.4 Å². The third-order valence-corrected chi connectivity index (χ3v) is 3.55. The molecule has 1 aromatic carbocycles. The summed E-state index contributed by atoms with van der Waals surface area (Å²) >= 11 is 5.90. The number of fused-ring (bicyclic) bond motifs is 1. The predicted octanol–water partition coefficient (Wildman–Crippen LogP) is 2.26.